The Labute approximate surface area is 91.6 Å². The molecular formula is C11H11IO. The van der Waals surface area contributed by atoms with Gasteiger partial charge in [-0.1, -0.05) is 31.2 Å². The second kappa shape index (κ2) is 3.42. The van der Waals surface area contributed by atoms with E-state index < -0.39 is 0 Å². The standard InChI is InChI=1S/C11H11IO/c1-7-9-5-3-2-4-8(9)6-10(12)11(7)13/h2-7,11,13H,1H3. The van der Waals surface area contributed by atoms with Gasteiger partial charge in [0.05, 0.1) is 6.10 Å². The zero-order valence-electron chi connectivity index (χ0n) is 7.37. The Bertz CT molecular complexity index is 357. The number of benzene rings is 1. The van der Waals surface area contributed by atoms with Crippen LogP contribution in [-0.4, -0.2) is 11.2 Å². The summed E-state index contributed by atoms with van der Waals surface area (Å²) in [7, 11) is 0. The van der Waals surface area contributed by atoms with Crippen LogP contribution in [0.2, 0.25) is 0 Å². The van der Waals surface area contributed by atoms with E-state index in [-0.39, 0.29) is 12.0 Å². The molecule has 1 aliphatic rings. The van der Waals surface area contributed by atoms with Crippen LogP contribution in [0.1, 0.15) is 24.0 Å². The number of aliphatic hydroxyl groups excluding tert-OH is 1. The van der Waals surface area contributed by atoms with Crippen molar-refractivity contribution >= 4 is 28.7 Å². The number of hydrogen-bond donors (Lipinski definition) is 1. The minimum Gasteiger partial charge on any atom is -0.387 e. The van der Waals surface area contributed by atoms with Crippen LogP contribution in [0.15, 0.2) is 27.8 Å². The van der Waals surface area contributed by atoms with E-state index in [0.29, 0.717) is 0 Å². The third-order valence-electron chi connectivity index (χ3n) is 2.54. The Balaban J connectivity index is 2.56. The molecule has 0 bridgehead atoms. The van der Waals surface area contributed by atoms with Crippen molar-refractivity contribution in [2.24, 2.45) is 0 Å². The largest absolute Gasteiger partial charge is 0.387 e. The van der Waals surface area contributed by atoms with Crippen molar-refractivity contribution in [3.63, 3.8) is 0 Å². The summed E-state index contributed by atoms with van der Waals surface area (Å²) in [5.74, 6) is 0.216. The first-order chi connectivity index (χ1) is 6.20. The molecule has 1 aromatic rings. The fourth-order valence-electron chi connectivity index (χ4n) is 1.70. The van der Waals surface area contributed by atoms with Crippen LogP contribution in [0.5, 0.6) is 0 Å². The number of hydrogen-bond acceptors (Lipinski definition) is 1. The summed E-state index contributed by atoms with van der Waals surface area (Å²) in [6.45, 7) is 2.06. The van der Waals surface area contributed by atoms with E-state index in [2.05, 4.69) is 47.7 Å². The lowest BCUT2D eigenvalue weighted by Gasteiger charge is -2.25. The molecule has 2 rings (SSSR count). The van der Waals surface area contributed by atoms with Crippen LogP contribution in [-0.2, 0) is 0 Å². The average molecular weight is 286 g/mol. The van der Waals surface area contributed by atoms with E-state index in [9.17, 15) is 5.11 Å². The number of fused-ring (bicyclic) bond motifs is 1. The van der Waals surface area contributed by atoms with Crippen LogP contribution in [0, 0.1) is 0 Å². The second-order valence-corrected chi connectivity index (χ2v) is 4.64. The minimum atomic E-state index is -0.324. The summed E-state index contributed by atoms with van der Waals surface area (Å²) >= 11 is 2.21. The van der Waals surface area contributed by atoms with Gasteiger partial charge in [-0.15, -0.1) is 0 Å². The maximum Gasteiger partial charge on any atom is 0.0912 e. The fraction of sp³-hybridized carbons (Fsp3) is 0.273. The van der Waals surface area contributed by atoms with Gasteiger partial charge in [-0.05, 0) is 39.8 Å². The highest BCUT2D eigenvalue weighted by atomic mass is 127. The Morgan fingerprint density at radius 3 is 2.77 bits per heavy atom. The SMILES string of the molecule is CC1c2ccccc2C=C(I)C1O. The Morgan fingerprint density at radius 1 is 1.31 bits per heavy atom. The van der Waals surface area contributed by atoms with E-state index in [4.69, 9.17) is 0 Å². The lowest BCUT2D eigenvalue weighted by atomic mass is 9.87. The highest BCUT2D eigenvalue weighted by Crippen LogP contribution is 2.35. The molecule has 2 unspecified atom stereocenters. The van der Waals surface area contributed by atoms with Crippen molar-refractivity contribution in [2.45, 2.75) is 18.9 Å². The average Bonchev–Trinajstić information content (AvgIpc) is 2.15. The number of aliphatic hydroxyl groups is 1. The maximum atomic E-state index is 9.82. The molecule has 0 amide bonds. The molecule has 0 spiro atoms. The topological polar surface area (TPSA) is 20.2 Å². The summed E-state index contributed by atoms with van der Waals surface area (Å²) in [4.78, 5) is 0. The maximum absolute atomic E-state index is 9.82. The lowest BCUT2D eigenvalue weighted by molar-refractivity contribution is 0.194. The molecule has 0 saturated heterocycles. The first-order valence-electron chi connectivity index (χ1n) is 4.34. The molecule has 2 heteroatoms. The van der Waals surface area contributed by atoms with E-state index in [1.54, 1.807) is 0 Å². The molecule has 1 aromatic carbocycles. The van der Waals surface area contributed by atoms with Gasteiger partial charge in [0.15, 0.2) is 0 Å². The zero-order valence-corrected chi connectivity index (χ0v) is 9.52. The first kappa shape index (κ1) is 9.21. The Hall–Kier alpha value is -0.350. The Kier molecular flexibility index (Phi) is 2.43. The van der Waals surface area contributed by atoms with Crippen LogP contribution >= 0.6 is 22.6 Å². The number of halogens is 1. The van der Waals surface area contributed by atoms with Gasteiger partial charge in [-0.25, -0.2) is 0 Å². The summed E-state index contributed by atoms with van der Waals surface area (Å²) in [5.41, 5.74) is 2.49. The molecule has 68 valence electrons. The van der Waals surface area contributed by atoms with Gasteiger partial charge in [0, 0.05) is 9.50 Å². The second-order valence-electron chi connectivity index (χ2n) is 3.39. The monoisotopic (exact) mass is 286 g/mol. The molecule has 13 heavy (non-hydrogen) atoms. The van der Waals surface area contributed by atoms with Gasteiger partial charge in [0.25, 0.3) is 0 Å². The summed E-state index contributed by atoms with van der Waals surface area (Å²) in [5, 5.41) is 9.82. The van der Waals surface area contributed by atoms with Crippen molar-refractivity contribution < 1.29 is 5.11 Å². The van der Waals surface area contributed by atoms with Gasteiger partial charge in [0.1, 0.15) is 0 Å². The van der Waals surface area contributed by atoms with Crippen LogP contribution in [0.4, 0.5) is 0 Å². The molecule has 1 N–H and O–H groups in total. The van der Waals surface area contributed by atoms with E-state index in [1.165, 1.54) is 11.1 Å². The van der Waals surface area contributed by atoms with Crippen molar-refractivity contribution in [3.8, 4) is 0 Å². The van der Waals surface area contributed by atoms with Gasteiger partial charge in [0.2, 0.25) is 0 Å². The molecule has 0 fully saturated rings. The van der Waals surface area contributed by atoms with Crippen molar-refractivity contribution in [1.82, 2.24) is 0 Å². The van der Waals surface area contributed by atoms with E-state index in [0.717, 1.165) is 3.58 Å². The third-order valence-corrected chi connectivity index (χ3v) is 3.49. The zero-order chi connectivity index (χ0) is 9.42. The van der Waals surface area contributed by atoms with Gasteiger partial charge >= 0.3 is 0 Å². The van der Waals surface area contributed by atoms with Crippen LogP contribution in [0.25, 0.3) is 6.08 Å². The highest BCUT2D eigenvalue weighted by molar-refractivity contribution is 14.1. The first-order valence-corrected chi connectivity index (χ1v) is 5.42. The fourth-order valence-corrected chi connectivity index (χ4v) is 2.57. The molecule has 0 radical (unpaired) electrons. The molecule has 0 heterocycles. The molecule has 0 aliphatic heterocycles. The summed E-state index contributed by atoms with van der Waals surface area (Å²) < 4.78 is 1.03. The smallest absolute Gasteiger partial charge is 0.0912 e. The van der Waals surface area contributed by atoms with Crippen molar-refractivity contribution in [2.75, 3.05) is 0 Å². The van der Waals surface area contributed by atoms with E-state index in [1.807, 2.05) is 12.1 Å². The Morgan fingerprint density at radius 2 is 2.00 bits per heavy atom. The van der Waals surface area contributed by atoms with E-state index >= 15 is 0 Å². The third kappa shape index (κ3) is 1.53. The highest BCUT2D eigenvalue weighted by Gasteiger charge is 2.24. The van der Waals surface area contributed by atoms with Gasteiger partial charge < -0.3 is 5.11 Å². The molecule has 1 aliphatic carbocycles. The minimum absolute atomic E-state index is 0.216. The molecule has 1 nitrogen and oxygen atoms in total. The predicted molar refractivity (Wildman–Crippen MR) is 62.9 cm³/mol. The van der Waals surface area contributed by atoms with Gasteiger partial charge in [-0.2, -0.15) is 0 Å². The predicted octanol–water partition coefficient (Wildman–Crippen LogP) is 2.94. The lowest BCUT2D eigenvalue weighted by Crippen LogP contribution is -2.19. The summed E-state index contributed by atoms with van der Waals surface area (Å²) in [6, 6.07) is 8.23. The van der Waals surface area contributed by atoms with Crippen molar-refractivity contribution in [1.29, 1.82) is 0 Å². The molecule has 0 aromatic heterocycles. The van der Waals surface area contributed by atoms with Gasteiger partial charge in [-0.3, -0.25) is 0 Å². The van der Waals surface area contributed by atoms with Crippen LogP contribution < -0.4 is 0 Å². The summed E-state index contributed by atoms with van der Waals surface area (Å²) in [6.07, 6.45) is 1.73. The number of rotatable bonds is 0. The molecule has 2 atom stereocenters. The molecular weight excluding hydrogens is 275 g/mol. The van der Waals surface area contributed by atoms with Crippen LogP contribution in [0.3, 0.4) is 0 Å². The quantitative estimate of drug-likeness (QED) is 0.727. The van der Waals surface area contributed by atoms with Crippen molar-refractivity contribution in [3.05, 3.63) is 39.0 Å². The molecule has 0 saturated carbocycles. The normalized spacial score (nSPS) is 26.5.